The third-order valence-electron chi connectivity index (χ3n) is 6.30. The fraction of sp³-hybridized carbons (Fsp3) is 0.400. The molecule has 2 aliphatic rings. The number of carbonyl (C=O) groups is 3. The van der Waals surface area contributed by atoms with Crippen molar-refractivity contribution >= 4 is 27.8 Å². The molecule has 2 aromatic rings. The fourth-order valence-corrected chi connectivity index (χ4v) is 5.71. The summed E-state index contributed by atoms with van der Waals surface area (Å²) in [7, 11) is -3.61. The average Bonchev–Trinajstić information content (AvgIpc) is 3.28. The van der Waals surface area contributed by atoms with Gasteiger partial charge in [-0.3, -0.25) is 9.59 Å². The number of sulfonamides is 1. The summed E-state index contributed by atoms with van der Waals surface area (Å²) in [6.07, 6.45) is 0.447. The number of ether oxygens (including phenoxy) is 1. The van der Waals surface area contributed by atoms with Crippen LogP contribution in [0.1, 0.15) is 35.7 Å². The van der Waals surface area contributed by atoms with E-state index in [0.717, 1.165) is 18.5 Å². The third kappa shape index (κ3) is 5.71. The minimum absolute atomic E-state index is 0.138. The maximum atomic E-state index is 12.8. The van der Waals surface area contributed by atoms with Gasteiger partial charge in [0.25, 0.3) is 5.91 Å². The molecule has 2 fully saturated rings. The molecule has 1 atom stereocenters. The normalized spacial score (nSPS) is 17.9. The van der Waals surface area contributed by atoms with Crippen LogP contribution in [-0.2, 0) is 30.9 Å². The van der Waals surface area contributed by atoms with E-state index in [0.29, 0.717) is 18.5 Å². The van der Waals surface area contributed by atoms with Crippen LogP contribution in [0, 0.1) is 0 Å². The van der Waals surface area contributed by atoms with Crippen LogP contribution >= 0.6 is 0 Å². The van der Waals surface area contributed by atoms with Gasteiger partial charge in [-0.15, -0.1) is 0 Å². The number of esters is 1. The molecular weight excluding hydrogens is 470 g/mol. The number of amides is 2. The lowest BCUT2D eigenvalue weighted by Gasteiger charge is -2.35. The summed E-state index contributed by atoms with van der Waals surface area (Å²) in [6.45, 7) is 3.55. The van der Waals surface area contributed by atoms with E-state index in [4.69, 9.17) is 4.74 Å². The Labute approximate surface area is 205 Å². The number of piperazine rings is 1. The smallest absolute Gasteiger partial charge is 0.338 e. The zero-order valence-electron chi connectivity index (χ0n) is 19.6. The molecule has 0 aliphatic carbocycles. The standard InChI is InChI=1S/C25H29N3O6S/c1-19(34-25(31)21-11-9-20(10-12-21)18-27-13-5-8-23(27)29)24(30)26-14-16-28(17-15-26)35(32,33)22-6-3-2-4-7-22/h2-4,6-7,9-12,19H,5,8,13-18H2,1H3/t19-/m1/s1. The zero-order chi connectivity index (χ0) is 25.0. The van der Waals surface area contributed by atoms with E-state index >= 15 is 0 Å². The Bertz CT molecular complexity index is 1180. The van der Waals surface area contributed by atoms with Crippen molar-refractivity contribution in [3.05, 3.63) is 65.7 Å². The minimum atomic E-state index is -3.61. The Morgan fingerprint density at radius 3 is 2.20 bits per heavy atom. The van der Waals surface area contributed by atoms with Crippen LogP contribution in [0.25, 0.3) is 0 Å². The molecule has 0 radical (unpaired) electrons. The second kappa shape index (κ2) is 10.6. The first kappa shape index (κ1) is 24.9. The Morgan fingerprint density at radius 2 is 1.60 bits per heavy atom. The van der Waals surface area contributed by atoms with Gasteiger partial charge in [-0.2, -0.15) is 4.31 Å². The third-order valence-corrected chi connectivity index (χ3v) is 8.21. The predicted octanol–water partition coefficient (Wildman–Crippen LogP) is 1.89. The summed E-state index contributed by atoms with van der Waals surface area (Å²) < 4.78 is 32.3. The van der Waals surface area contributed by atoms with Crippen molar-refractivity contribution in [1.82, 2.24) is 14.1 Å². The molecule has 0 saturated carbocycles. The molecule has 2 aliphatic heterocycles. The molecule has 186 valence electrons. The van der Waals surface area contributed by atoms with Crippen molar-refractivity contribution in [3.63, 3.8) is 0 Å². The van der Waals surface area contributed by atoms with Crippen LogP contribution < -0.4 is 0 Å². The van der Waals surface area contributed by atoms with Crippen molar-refractivity contribution < 1.29 is 27.5 Å². The van der Waals surface area contributed by atoms with Gasteiger partial charge in [0.1, 0.15) is 0 Å². The highest BCUT2D eigenvalue weighted by molar-refractivity contribution is 7.89. The van der Waals surface area contributed by atoms with E-state index in [2.05, 4.69) is 0 Å². The molecule has 0 aromatic heterocycles. The van der Waals surface area contributed by atoms with Gasteiger partial charge in [0.2, 0.25) is 15.9 Å². The summed E-state index contributed by atoms with van der Waals surface area (Å²) in [5.41, 5.74) is 1.24. The maximum absolute atomic E-state index is 12.8. The highest BCUT2D eigenvalue weighted by Gasteiger charge is 2.32. The topological polar surface area (TPSA) is 104 Å². The van der Waals surface area contributed by atoms with Gasteiger partial charge in [0, 0.05) is 45.7 Å². The molecule has 9 nitrogen and oxygen atoms in total. The fourth-order valence-electron chi connectivity index (χ4n) is 4.26. The van der Waals surface area contributed by atoms with Crippen LogP contribution in [0.5, 0.6) is 0 Å². The molecule has 2 saturated heterocycles. The molecule has 0 unspecified atom stereocenters. The zero-order valence-corrected chi connectivity index (χ0v) is 20.4. The molecule has 2 amide bonds. The number of benzene rings is 2. The highest BCUT2D eigenvalue weighted by atomic mass is 32.2. The lowest BCUT2D eigenvalue weighted by atomic mass is 10.1. The lowest BCUT2D eigenvalue weighted by Crippen LogP contribution is -2.52. The number of hydrogen-bond acceptors (Lipinski definition) is 6. The summed E-state index contributed by atoms with van der Waals surface area (Å²) in [5.74, 6) is -0.835. The van der Waals surface area contributed by atoms with Gasteiger partial charge in [0.05, 0.1) is 10.5 Å². The van der Waals surface area contributed by atoms with Crippen molar-refractivity contribution in [2.24, 2.45) is 0 Å². The van der Waals surface area contributed by atoms with Crippen LogP contribution in [0.15, 0.2) is 59.5 Å². The highest BCUT2D eigenvalue weighted by Crippen LogP contribution is 2.19. The van der Waals surface area contributed by atoms with E-state index in [1.165, 1.54) is 16.1 Å². The molecule has 0 bridgehead atoms. The van der Waals surface area contributed by atoms with Crippen molar-refractivity contribution in [2.45, 2.75) is 37.3 Å². The first-order valence-corrected chi connectivity index (χ1v) is 13.1. The number of carbonyl (C=O) groups excluding carboxylic acids is 3. The molecule has 2 aromatic carbocycles. The van der Waals surface area contributed by atoms with E-state index in [9.17, 15) is 22.8 Å². The number of nitrogens with zero attached hydrogens (tertiary/aromatic N) is 3. The van der Waals surface area contributed by atoms with Gasteiger partial charge in [0.15, 0.2) is 6.10 Å². The van der Waals surface area contributed by atoms with Crippen molar-refractivity contribution in [3.8, 4) is 0 Å². The molecule has 2 heterocycles. The monoisotopic (exact) mass is 499 g/mol. The first-order valence-electron chi connectivity index (χ1n) is 11.7. The van der Waals surface area contributed by atoms with Crippen molar-refractivity contribution in [2.75, 3.05) is 32.7 Å². The van der Waals surface area contributed by atoms with E-state index in [-0.39, 0.29) is 42.9 Å². The SMILES string of the molecule is C[C@@H](OC(=O)c1ccc(CN2CCCC2=O)cc1)C(=O)N1CCN(S(=O)(=O)c2ccccc2)CC1. The summed E-state index contributed by atoms with van der Waals surface area (Å²) in [5, 5.41) is 0. The number of rotatable bonds is 7. The van der Waals surface area contributed by atoms with E-state index in [1.807, 2.05) is 0 Å². The summed E-state index contributed by atoms with van der Waals surface area (Å²) in [6, 6.07) is 15.0. The Hall–Kier alpha value is -3.24. The number of likely N-dealkylation sites (tertiary alicyclic amines) is 1. The van der Waals surface area contributed by atoms with Gasteiger partial charge < -0.3 is 14.5 Å². The van der Waals surface area contributed by atoms with E-state index < -0.39 is 22.1 Å². The predicted molar refractivity (Wildman–Crippen MR) is 128 cm³/mol. The average molecular weight is 500 g/mol. The maximum Gasteiger partial charge on any atom is 0.338 e. The molecule has 35 heavy (non-hydrogen) atoms. The largest absolute Gasteiger partial charge is 0.449 e. The Morgan fingerprint density at radius 1 is 0.943 bits per heavy atom. The van der Waals surface area contributed by atoms with Gasteiger partial charge in [-0.25, -0.2) is 13.2 Å². The van der Waals surface area contributed by atoms with Gasteiger partial charge in [-0.05, 0) is 43.2 Å². The Balaban J connectivity index is 1.28. The molecule has 10 heteroatoms. The molecule has 0 N–H and O–H groups in total. The van der Waals surface area contributed by atoms with Crippen LogP contribution in [0.4, 0.5) is 0 Å². The van der Waals surface area contributed by atoms with Crippen LogP contribution in [0.3, 0.4) is 0 Å². The van der Waals surface area contributed by atoms with Crippen molar-refractivity contribution in [1.29, 1.82) is 0 Å². The van der Waals surface area contributed by atoms with Gasteiger partial charge >= 0.3 is 5.97 Å². The van der Waals surface area contributed by atoms with E-state index in [1.54, 1.807) is 59.5 Å². The first-order chi connectivity index (χ1) is 16.8. The summed E-state index contributed by atoms with van der Waals surface area (Å²) in [4.78, 5) is 40.7. The summed E-state index contributed by atoms with van der Waals surface area (Å²) >= 11 is 0. The quantitative estimate of drug-likeness (QED) is 0.539. The van der Waals surface area contributed by atoms with Gasteiger partial charge in [-0.1, -0.05) is 30.3 Å². The second-order valence-corrected chi connectivity index (χ2v) is 10.6. The second-order valence-electron chi connectivity index (χ2n) is 8.71. The molecule has 0 spiro atoms. The minimum Gasteiger partial charge on any atom is -0.449 e. The van der Waals surface area contributed by atoms with Crippen LogP contribution in [-0.4, -0.2) is 79.1 Å². The molecule has 4 rings (SSSR count). The van der Waals surface area contributed by atoms with Crippen LogP contribution in [0.2, 0.25) is 0 Å². The Kier molecular flexibility index (Phi) is 7.51. The molecular formula is C25H29N3O6S. The lowest BCUT2D eigenvalue weighted by molar-refractivity contribution is -0.141. The number of hydrogen-bond donors (Lipinski definition) is 0.